The smallest absolute Gasteiger partial charge is 0.242 e. The first-order valence-corrected chi connectivity index (χ1v) is 11.6. The summed E-state index contributed by atoms with van der Waals surface area (Å²) < 4.78 is 0. The monoisotopic (exact) mass is 460 g/mol. The molecule has 6 heteroatoms. The summed E-state index contributed by atoms with van der Waals surface area (Å²) in [5.74, 6) is -0.226. The number of nitrogens with one attached hydrogen (secondary N) is 1. The van der Waals surface area contributed by atoms with Crippen molar-refractivity contribution in [1.82, 2.24) is 10.2 Å². The van der Waals surface area contributed by atoms with Gasteiger partial charge in [0.15, 0.2) is 0 Å². The second-order valence-electron chi connectivity index (χ2n) is 8.60. The van der Waals surface area contributed by atoms with E-state index in [4.69, 9.17) is 23.2 Å². The summed E-state index contributed by atoms with van der Waals surface area (Å²) in [5.41, 5.74) is 3.93. The highest BCUT2D eigenvalue weighted by molar-refractivity contribution is 6.35. The molecule has 166 valence electrons. The van der Waals surface area contributed by atoms with Crippen molar-refractivity contribution in [3.8, 4) is 0 Å². The molecule has 1 fully saturated rings. The van der Waals surface area contributed by atoms with Crippen LogP contribution in [0.3, 0.4) is 0 Å². The van der Waals surface area contributed by atoms with Gasteiger partial charge in [0.25, 0.3) is 0 Å². The Bertz CT molecular complexity index is 934. The average molecular weight is 461 g/mol. The molecule has 0 spiro atoms. The van der Waals surface area contributed by atoms with Gasteiger partial charge >= 0.3 is 0 Å². The van der Waals surface area contributed by atoms with Crippen molar-refractivity contribution in [3.05, 3.63) is 68.7 Å². The lowest BCUT2D eigenvalue weighted by molar-refractivity contribution is -0.140. The van der Waals surface area contributed by atoms with E-state index in [9.17, 15) is 9.59 Å². The maximum Gasteiger partial charge on any atom is 0.242 e. The van der Waals surface area contributed by atoms with Crippen LogP contribution in [0, 0.1) is 13.8 Å². The van der Waals surface area contributed by atoms with Crippen LogP contribution in [0.25, 0.3) is 0 Å². The summed E-state index contributed by atoms with van der Waals surface area (Å²) in [7, 11) is 0. The van der Waals surface area contributed by atoms with Gasteiger partial charge in [-0.2, -0.15) is 0 Å². The van der Waals surface area contributed by atoms with Crippen LogP contribution in [0.5, 0.6) is 0 Å². The second-order valence-corrected chi connectivity index (χ2v) is 9.44. The molecule has 1 aliphatic rings. The van der Waals surface area contributed by atoms with Crippen molar-refractivity contribution in [1.29, 1.82) is 0 Å². The highest BCUT2D eigenvalue weighted by Gasteiger charge is 2.29. The van der Waals surface area contributed by atoms with Gasteiger partial charge in [-0.05, 0) is 56.9 Å². The van der Waals surface area contributed by atoms with Crippen molar-refractivity contribution in [2.45, 2.75) is 71.5 Å². The Labute approximate surface area is 194 Å². The van der Waals surface area contributed by atoms with Crippen molar-refractivity contribution >= 4 is 35.0 Å². The fourth-order valence-electron chi connectivity index (χ4n) is 4.26. The first-order chi connectivity index (χ1) is 14.7. The zero-order chi connectivity index (χ0) is 22.5. The molecule has 0 bridgehead atoms. The van der Waals surface area contributed by atoms with Gasteiger partial charge in [-0.15, -0.1) is 0 Å². The normalized spacial score (nSPS) is 15.0. The molecular formula is C25H30Cl2N2O2. The Hall–Kier alpha value is -2.04. The molecule has 0 unspecified atom stereocenters. The summed E-state index contributed by atoms with van der Waals surface area (Å²) in [6.07, 6.45) is 4.49. The van der Waals surface area contributed by atoms with E-state index in [-0.39, 0.29) is 30.8 Å². The second kappa shape index (κ2) is 10.5. The summed E-state index contributed by atoms with van der Waals surface area (Å²) in [6, 6.07) is 10.9. The molecular weight excluding hydrogens is 431 g/mol. The predicted octanol–water partition coefficient (Wildman–Crippen LogP) is 5.63. The van der Waals surface area contributed by atoms with Gasteiger partial charge < -0.3 is 10.2 Å². The molecule has 2 amide bonds. The summed E-state index contributed by atoms with van der Waals surface area (Å²) >= 11 is 12.4. The molecule has 2 aromatic carbocycles. The van der Waals surface area contributed by atoms with Crippen LogP contribution >= 0.6 is 23.2 Å². The van der Waals surface area contributed by atoms with Crippen molar-refractivity contribution < 1.29 is 9.59 Å². The topological polar surface area (TPSA) is 49.4 Å². The van der Waals surface area contributed by atoms with Gasteiger partial charge in [-0.1, -0.05) is 71.4 Å². The minimum atomic E-state index is -0.606. The Morgan fingerprint density at radius 3 is 2.32 bits per heavy atom. The lowest BCUT2D eigenvalue weighted by Gasteiger charge is -2.30. The van der Waals surface area contributed by atoms with E-state index in [1.165, 1.54) is 0 Å². The zero-order valence-electron chi connectivity index (χ0n) is 18.4. The average Bonchev–Trinajstić information content (AvgIpc) is 3.19. The predicted molar refractivity (Wildman–Crippen MR) is 126 cm³/mol. The molecule has 1 atom stereocenters. The summed E-state index contributed by atoms with van der Waals surface area (Å²) in [4.78, 5) is 28.0. The van der Waals surface area contributed by atoms with Crippen molar-refractivity contribution in [3.63, 3.8) is 0 Å². The molecule has 0 aromatic heterocycles. The van der Waals surface area contributed by atoms with Gasteiger partial charge in [0, 0.05) is 22.6 Å². The molecule has 2 aromatic rings. The molecule has 0 saturated heterocycles. The van der Waals surface area contributed by atoms with Gasteiger partial charge in [-0.3, -0.25) is 9.59 Å². The van der Waals surface area contributed by atoms with E-state index in [1.807, 2.05) is 32.0 Å². The highest BCUT2D eigenvalue weighted by atomic mass is 35.5. The number of aryl methyl sites for hydroxylation is 2. The van der Waals surface area contributed by atoms with Gasteiger partial charge in [0.05, 0.1) is 6.42 Å². The fourth-order valence-corrected chi connectivity index (χ4v) is 4.72. The Morgan fingerprint density at radius 1 is 1.06 bits per heavy atom. The number of hydrogen-bond donors (Lipinski definition) is 1. The molecule has 1 N–H and O–H groups in total. The maximum atomic E-state index is 13.4. The number of carbonyl (C=O) groups is 2. The third-order valence-electron chi connectivity index (χ3n) is 5.86. The van der Waals surface area contributed by atoms with E-state index in [2.05, 4.69) is 11.4 Å². The van der Waals surface area contributed by atoms with Crippen LogP contribution < -0.4 is 5.32 Å². The molecule has 31 heavy (non-hydrogen) atoms. The van der Waals surface area contributed by atoms with Gasteiger partial charge in [-0.25, -0.2) is 0 Å². The van der Waals surface area contributed by atoms with E-state index in [1.54, 1.807) is 24.0 Å². The van der Waals surface area contributed by atoms with E-state index >= 15 is 0 Å². The van der Waals surface area contributed by atoms with Crippen molar-refractivity contribution in [2.24, 2.45) is 0 Å². The molecule has 0 aliphatic heterocycles. The Morgan fingerprint density at radius 2 is 1.71 bits per heavy atom. The van der Waals surface area contributed by atoms with Crippen LogP contribution in [-0.2, 0) is 22.6 Å². The zero-order valence-corrected chi connectivity index (χ0v) is 19.9. The lowest BCUT2D eigenvalue weighted by Crippen LogP contribution is -2.50. The number of amides is 2. The van der Waals surface area contributed by atoms with Crippen LogP contribution in [0.4, 0.5) is 0 Å². The van der Waals surface area contributed by atoms with Crippen molar-refractivity contribution in [2.75, 3.05) is 0 Å². The Balaban J connectivity index is 1.82. The van der Waals surface area contributed by atoms with E-state index in [0.29, 0.717) is 10.0 Å². The largest absolute Gasteiger partial charge is 0.352 e. The SMILES string of the molecule is Cc1cc(C)cc(CC(=O)N(Cc2ccc(Cl)cc2Cl)[C@@H](C)C(=O)NC2CCCC2)c1. The number of nitrogens with zero attached hydrogens (tertiary/aromatic N) is 1. The molecule has 1 aliphatic carbocycles. The fraction of sp³-hybridized carbons (Fsp3) is 0.440. The number of halogens is 2. The van der Waals surface area contributed by atoms with E-state index < -0.39 is 6.04 Å². The number of rotatable bonds is 7. The van der Waals surface area contributed by atoms with Gasteiger partial charge in [0.1, 0.15) is 6.04 Å². The standard InChI is InChI=1S/C25H30Cl2N2O2/c1-16-10-17(2)12-19(11-16)13-24(30)29(15-20-8-9-21(26)14-23(20)27)18(3)25(31)28-22-6-4-5-7-22/h8-12,14,18,22H,4-7,13,15H2,1-3H3,(H,28,31)/t18-/m0/s1. The number of carbonyl (C=O) groups excluding carboxylic acids is 2. The summed E-state index contributed by atoms with van der Waals surface area (Å²) in [5, 5.41) is 4.14. The summed E-state index contributed by atoms with van der Waals surface area (Å²) in [6.45, 7) is 6.07. The minimum absolute atomic E-state index is 0.106. The maximum absolute atomic E-state index is 13.4. The lowest BCUT2D eigenvalue weighted by atomic mass is 10.0. The number of hydrogen-bond acceptors (Lipinski definition) is 2. The minimum Gasteiger partial charge on any atom is -0.352 e. The van der Waals surface area contributed by atoms with Gasteiger partial charge in [0.2, 0.25) is 11.8 Å². The first-order valence-electron chi connectivity index (χ1n) is 10.8. The molecule has 3 rings (SSSR count). The van der Waals surface area contributed by atoms with Crippen LogP contribution in [0.1, 0.15) is 54.9 Å². The van der Waals surface area contributed by atoms with Crippen LogP contribution in [0.2, 0.25) is 10.0 Å². The third kappa shape index (κ3) is 6.47. The first kappa shape index (κ1) is 23.6. The highest BCUT2D eigenvalue weighted by Crippen LogP contribution is 2.24. The molecule has 0 heterocycles. The third-order valence-corrected chi connectivity index (χ3v) is 6.45. The Kier molecular flexibility index (Phi) is 8.01. The molecule has 4 nitrogen and oxygen atoms in total. The molecule has 1 saturated carbocycles. The van der Waals surface area contributed by atoms with Crippen LogP contribution in [-0.4, -0.2) is 28.8 Å². The van der Waals surface area contributed by atoms with Crippen LogP contribution in [0.15, 0.2) is 36.4 Å². The quantitative estimate of drug-likeness (QED) is 0.581. The number of benzene rings is 2. The van der Waals surface area contributed by atoms with E-state index in [0.717, 1.165) is 47.9 Å². The molecule has 0 radical (unpaired) electrons.